The molecule has 0 bridgehead atoms. The highest BCUT2D eigenvalue weighted by molar-refractivity contribution is 7.92. The summed E-state index contributed by atoms with van der Waals surface area (Å²) >= 11 is 0. The van der Waals surface area contributed by atoms with Crippen molar-refractivity contribution < 1.29 is 32.2 Å². The maximum Gasteiger partial charge on any atom is 0.303 e. The Morgan fingerprint density at radius 2 is 1.18 bits per heavy atom. The molecule has 0 amide bonds. The molecule has 3 atom stereocenters. The first-order valence-corrected chi connectivity index (χ1v) is 19.1. The number of carbonyl (C=O) groups excluding carboxylic acids is 1. The van der Waals surface area contributed by atoms with E-state index in [1.165, 1.54) is 28.3 Å². The van der Waals surface area contributed by atoms with E-state index < -0.39 is 35.2 Å². The van der Waals surface area contributed by atoms with E-state index in [-0.39, 0.29) is 17.4 Å². The molecule has 5 aromatic carbocycles. The Labute approximate surface area is 296 Å². The third-order valence-electron chi connectivity index (χ3n) is 8.30. The zero-order valence-corrected chi connectivity index (χ0v) is 30.3. The molecule has 0 radical (unpaired) electrons. The molecule has 8 nitrogen and oxygen atoms in total. The Balaban J connectivity index is 1.69. The first kappa shape index (κ1) is 36.6. The second kappa shape index (κ2) is 17.3. The van der Waals surface area contributed by atoms with Gasteiger partial charge in [0.05, 0.1) is 26.2 Å². The summed E-state index contributed by atoms with van der Waals surface area (Å²) in [6.45, 7) is 1.28. The number of ether oxygens (including phenoxy) is 4. The summed E-state index contributed by atoms with van der Waals surface area (Å²) in [6, 6.07) is 41.5. The van der Waals surface area contributed by atoms with Crippen molar-refractivity contribution in [3.63, 3.8) is 0 Å². The van der Waals surface area contributed by atoms with Crippen LogP contribution < -0.4 is 29.9 Å². The predicted octanol–water partition coefficient (Wildman–Crippen LogP) is 6.80. The van der Waals surface area contributed by atoms with Crippen molar-refractivity contribution in [2.24, 2.45) is 0 Å². The minimum Gasteiger partial charge on any atom is -0.493 e. The Morgan fingerprint density at radius 3 is 1.64 bits per heavy atom. The van der Waals surface area contributed by atoms with Crippen LogP contribution in [-0.2, 0) is 25.8 Å². The van der Waals surface area contributed by atoms with Gasteiger partial charge in [0.1, 0.15) is 11.4 Å². The van der Waals surface area contributed by atoms with Crippen LogP contribution in [0.4, 0.5) is 0 Å². The van der Waals surface area contributed by atoms with Gasteiger partial charge < -0.3 is 18.9 Å². The molecule has 10 heteroatoms. The van der Waals surface area contributed by atoms with Crippen LogP contribution >= 0.6 is 8.07 Å². The number of methoxy groups -OCH3 is 3. The molecule has 2 unspecified atom stereocenters. The van der Waals surface area contributed by atoms with E-state index in [1.807, 2.05) is 66.7 Å². The average Bonchev–Trinajstić information content (AvgIpc) is 3.15. The van der Waals surface area contributed by atoms with Gasteiger partial charge >= 0.3 is 5.97 Å². The van der Waals surface area contributed by atoms with Gasteiger partial charge in [0.25, 0.3) is 0 Å². The highest BCUT2D eigenvalue weighted by Gasteiger charge is 2.41. The van der Waals surface area contributed by atoms with Crippen LogP contribution in [0.25, 0.3) is 0 Å². The van der Waals surface area contributed by atoms with Crippen LogP contribution in [0.3, 0.4) is 0 Å². The molecule has 260 valence electrons. The average molecular weight is 712 g/mol. The van der Waals surface area contributed by atoms with Gasteiger partial charge in [-0.3, -0.25) is 9.88 Å². The molecule has 0 aliphatic heterocycles. The molecule has 0 saturated heterocycles. The van der Waals surface area contributed by atoms with Gasteiger partial charge in [-0.15, -0.1) is 0 Å². The first-order valence-electron chi connectivity index (χ1n) is 16.2. The first-order chi connectivity index (χ1) is 24.2. The summed E-state index contributed by atoms with van der Waals surface area (Å²) < 4.78 is 52.6. The summed E-state index contributed by atoms with van der Waals surface area (Å²) in [5.74, 6) is 0.333. The number of nitrogens with one attached hydrogen (secondary N) is 1. The van der Waals surface area contributed by atoms with Crippen LogP contribution in [0.2, 0.25) is 0 Å². The van der Waals surface area contributed by atoms with Gasteiger partial charge in [-0.2, -0.15) is 0 Å². The lowest BCUT2D eigenvalue weighted by molar-refractivity contribution is -0.147. The molecule has 0 saturated carbocycles. The van der Waals surface area contributed by atoms with Crippen LogP contribution in [-0.4, -0.2) is 47.0 Å². The number of carbonyl (C=O) groups is 1. The van der Waals surface area contributed by atoms with Crippen molar-refractivity contribution in [2.75, 3.05) is 21.3 Å². The normalized spacial score (nSPS) is 13.2. The van der Waals surface area contributed by atoms with Crippen molar-refractivity contribution in [2.45, 2.75) is 42.1 Å². The molecule has 0 spiro atoms. The van der Waals surface area contributed by atoms with Crippen LogP contribution in [0.15, 0.2) is 138 Å². The van der Waals surface area contributed by atoms with E-state index in [0.717, 1.165) is 16.2 Å². The maximum absolute atomic E-state index is 14.9. The number of hydrogen-bond donors (Lipinski definition) is 1. The van der Waals surface area contributed by atoms with Crippen molar-refractivity contribution in [1.29, 1.82) is 0 Å². The van der Waals surface area contributed by atoms with Crippen molar-refractivity contribution in [3.8, 4) is 17.2 Å². The van der Waals surface area contributed by atoms with Crippen molar-refractivity contribution in [3.05, 3.63) is 145 Å². The lowest BCUT2D eigenvalue weighted by Crippen LogP contribution is -2.41. The van der Waals surface area contributed by atoms with E-state index in [4.69, 9.17) is 18.9 Å². The Kier molecular flexibility index (Phi) is 12.7. The van der Waals surface area contributed by atoms with E-state index >= 15 is 0 Å². The summed E-state index contributed by atoms with van der Waals surface area (Å²) in [5.41, 5.74) is 1.43. The quantitative estimate of drug-likeness (QED) is 0.0882. The number of hydrogen-bond acceptors (Lipinski definition) is 8. The zero-order chi connectivity index (χ0) is 35.5. The standard InChI is InChI=1S/C40H42NO7PS/c1-29(42)48-39(31-26-36(45-2)40(47-4)37(27-31)46-3)38(50(43,44)35-23-15-8-16-24-35)28-32(25-30-17-9-5-10-18-30)41-49(33-19-11-6-12-20-33)34-21-13-7-14-22-34/h5-24,26-27,32,38-39,41H,25,28H2,1-4H3/t32-,38?,39?/m0/s1. The third kappa shape index (κ3) is 8.90. The topological polar surface area (TPSA) is 100 Å². The van der Waals surface area contributed by atoms with Gasteiger partial charge in [-0.25, -0.2) is 8.42 Å². The monoisotopic (exact) mass is 711 g/mol. The summed E-state index contributed by atoms with van der Waals surface area (Å²) in [7, 11) is -0.800. The summed E-state index contributed by atoms with van der Waals surface area (Å²) in [6.07, 6.45) is -0.618. The molecule has 0 fully saturated rings. The molecule has 0 heterocycles. The smallest absolute Gasteiger partial charge is 0.303 e. The van der Waals surface area contributed by atoms with Gasteiger partial charge in [0.15, 0.2) is 21.3 Å². The fourth-order valence-corrected chi connectivity index (χ4v) is 10.0. The van der Waals surface area contributed by atoms with Crippen LogP contribution in [0, 0.1) is 0 Å². The molecule has 5 rings (SSSR count). The second-order valence-electron chi connectivity index (χ2n) is 11.6. The van der Waals surface area contributed by atoms with Gasteiger partial charge in [-0.1, -0.05) is 109 Å². The minimum absolute atomic E-state index is 0.0965. The lowest BCUT2D eigenvalue weighted by Gasteiger charge is -2.33. The fraction of sp³-hybridized carbons (Fsp3) is 0.225. The van der Waals surface area contributed by atoms with Gasteiger partial charge in [0, 0.05) is 26.6 Å². The lowest BCUT2D eigenvalue weighted by atomic mass is 9.97. The highest BCUT2D eigenvalue weighted by Crippen LogP contribution is 2.43. The zero-order valence-electron chi connectivity index (χ0n) is 28.6. The summed E-state index contributed by atoms with van der Waals surface area (Å²) in [4.78, 5) is 13.0. The largest absolute Gasteiger partial charge is 0.493 e. The number of sulfone groups is 1. The SMILES string of the molecule is COc1cc(C(OC(C)=O)C(C[C@H](Cc2ccccc2)NP(c2ccccc2)c2ccccc2)S(=O)(=O)c2ccccc2)cc(OC)c1OC. The maximum atomic E-state index is 14.9. The fourth-order valence-electron chi connectivity index (χ4n) is 6.00. The minimum atomic E-state index is -4.12. The molecule has 0 aliphatic rings. The molecule has 1 N–H and O–H groups in total. The summed E-state index contributed by atoms with van der Waals surface area (Å²) in [5, 5.41) is 4.87. The third-order valence-corrected chi connectivity index (χ3v) is 12.7. The van der Waals surface area contributed by atoms with E-state index in [2.05, 4.69) is 29.4 Å². The molecular weight excluding hydrogens is 669 g/mol. The Bertz CT molecular complexity index is 1860. The number of benzene rings is 5. The molecular formula is C40H42NO7PS. The van der Waals surface area contributed by atoms with Gasteiger partial charge in [0.2, 0.25) is 5.75 Å². The van der Waals surface area contributed by atoms with Crippen LogP contribution in [0.5, 0.6) is 17.2 Å². The van der Waals surface area contributed by atoms with Crippen molar-refractivity contribution >= 4 is 34.5 Å². The molecule has 50 heavy (non-hydrogen) atoms. The molecule has 0 aromatic heterocycles. The van der Waals surface area contributed by atoms with Crippen molar-refractivity contribution in [1.82, 2.24) is 5.09 Å². The Hall–Kier alpha value is -4.69. The van der Waals surface area contributed by atoms with E-state index in [9.17, 15) is 13.2 Å². The number of esters is 1. The Morgan fingerprint density at radius 1 is 0.700 bits per heavy atom. The van der Waals surface area contributed by atoms with Gasteiger partial charge in [-0.05, 0) is 53.3 Å². The van der Waals surface area contributed by atoms with Crippen LogP contribution in [0.1, 0.15) is 30.6 Å². The van der Waals surface area contributed by atoms with E-state index in [1.54, 1.807) is 42.5 Å². The predicted molar refractivity (Wildman–Crippen MR) is 199 cm³/mol. The molecule has 5 aromatic rings. The second-order valence-corrected chi connectivity index (χ2v) is 15.8. The molecule has 0 aliphatic carbocycles. The van der Waals surface area contributed by atoms with E-state index in [0.29, 0.717) is 29.2 Å². The number of rotatable bonds is 16. The highest BCUT2D eigenvalue weighted by atomic mass is 32.2.